The average Bonchev–Trinajstić information content (AvgIpc) is 2.80. The Hall–Kier alpha value is -0.940. The fraction of sp³-hybridized carbons (Fsp3) is 0.182. The maximum Gasteiger partial charge on any atom is 0.210 e. The normalized spacial score (nSPS) is 15.2. The Morgan fingerprint density at radius 2 is 2.00 bits per heavy atom. The highest BCUT2D eigenvalue weighted by molar-refractivity contribution is 8.25. The number of ketones is 1. The monoisotopic (exact) mass is 255 g/mol. The lowest BCUT2D eigenvalue weighted by atomic mass is 10.1. The zero-order valence-electron chi connectivity index (χ0n) is 8.40. The maximum absolute atomic E-state index is 12.9. The molecule has 1 saturated heterocycles. The number of thioether (sulfide) groups is 2. The van der Waals surface area contributed by atoms with Crippen LogP contribution in [0.5, 0.6) is 0 Å². The van der Waals surface area contributed by atoms with E-state index in [-0.39, 0.29) is 11.5 Å². The minimum Gasteiger partial charge on any atom is -0.394 e. The number of hydrogen-bond acceptors (Lipinski definition) is 4. The summed E-state index contributed by atoms with van der Waals surface area (Å²) in [6.07, 6.45) is 0. The third kappa shape index (κ3) is 2.41. The molecule has 2 nitrogen and oxygen atoms in total. The highest BCUT2D eigenvalue weighted by Crippen LogP contribution is 2.37. The quantitative estimate of drug-likeness (QED) is 0.651. The minimum atomic E-state index is -0.421. The number of allylic oxidation sites excluding steroid dienone is 1. The lowest BCUT2D eigenvalue weighted by Crippen LogP contribution is -2.12. The van der Waals surface area contributed by atoms with Crippen molar-refractivity contribution >= 4 is 29.3 Å². The molecule has 0 radical (unpaired) electrons. The molecule has 2 rings (SSSR count). The Labute approximate surface area is 101 Å². The molecular weight excluding hydrogens is 245 g/mol. The van der Waals surface area contributed by atoms with Gasteiger partial charge in [0.2, 0.25) is 5.78 Å². The highest BCUT2D eigenvalue weighted by atomic mass is 32.2. The van der Waals surface area contributed by atoms with Gasteiger partial charge in [-0.2, -0.15) is 0 Å². The number of nitrogens with two attached hydrogens (primary N) is 1. The Morgan fingerprint density at radius 1 is 1.31 bits per heavy atom. The van der Waals surface area contributed by atoms with Crippen LogP contribution < -0.4 is 5.73 Å². The summed E-state index contributed by atoms with van der Waals surface area (Å²) < 4.78 is 13.8. The van der Waals surface area contributed by atoms with E-state index >= 15 is 0 Å². The van der Waals surface area contributed by atoms with Gasteiger partial charge in [0, 0.05) is 17.1 Å². The first-order valence-corrected chi connectivity index (χ1v) is 6.71. The second kappa shape index (κ2) is 4.93. The molecule has 1 aromatic carbocycles. The summed E-state index contributed by atoms with van der Waals surface area (Å²) in [5.41, 5.74) is 6.31. The van der Waals surface area contributed by atoms with Crippen LogP contribution in [0.1, 0.15) is 10.4 Å². The van der Waals surface area contributed by atoms with Crippen LogP contribution in [0.4, 0.5) is 4.39 Å². The SMILES string of the molecule is NC(C(=O)c1cccc(F)c1)=C1SCCS1. The van der Waals surface area contributed by atoms with Crippen molar-refractivity contribution in [2.24, 2.45) is 5.73 Å². The zero-order valence-corrected chi connectivity index (χ0v) is 10.0. The number of carbonyl (C=O) groups is 1. The van der Waals surface area contributed by atoms with Crippen LogP contribution in [-0.4, -0.2) is 17.3 Å². The van der Waals surface area contributed by atoms with Crippen molar-refractivity contribution < 1.29 is 9.18 Å². The van der Waals surface area contributed by atoms with Gasteiger partial charge in [0.15, 0.2) is 0 Å². The molecule has 2 N–H and O–H groups in total. The Morgan fingerprint density at radius 3 is 2.62 bits per heavy atom. The van der Waals surface area contributed by atoms with Crippen LogP contribution in [0.25, 0.3) is 0 Å². The van der Waals surface area contributed by atoms with Crippen molar-refractivity contribution in [2.75, 3.05) is 11.5 Å². The third-order valence-electron chi connectivity index (χ3n) is 2.10. The van der Waals surface area contributed by atoms with Gasteiger partial charge in [0.05, 0.1) is 4.24 Å². The predicted octanol–water partition coefficient (Wildman–Crippen LogP) is 2.62. The second-order valence-electron chi connectivity index (χ2n) is 3.24. The fourth-order valence-corrected chi connectivity index (χ4v) is 3.71. The molecule has 0 spiro atoms. The summed E-state index contributed by atoms with van der Waals surface area (Å²) >= 11 is 3.16. The van der Waals surface area contributed by atoms with Crippen LogP contribution in [0.15, 0.2) is 34.2 Å². The van der Waals surface area contributed by atoms with Crippen LogP contribution >= 0.6 is 23.5 Å². The number of rotatable bonds is 2. The van der Waals surface area contributed by atoms with Gasteiger partial charge in [-0.05, 0) is 12.1 Å². The van der Waals surface area contributed by atoms with Crippen molar-refractivity contribution in [3.63, 3.8) is 0 Å². The van der Waals surface area contributed by atoms with Crippen LogP contribution in [0.2, 0.25) is 0 Å². The summed E-state index contributed by atoms with van der Waals surface area (Å²) in [6, 6.07) is 5.60. The van der Waals surface area contributed by atoms with E-state index in [1.807, 2.05) is 0 Å². The molecule has 1 heterocycles. The van der Waals surface area contributed by atoms with E-state index in [1.54, 1.807) is 29.6 Å². The van der Waals surface area contributed by atoms with Gasteiger partial charge in [0.1, 0.15) is 11.5 Å². The number of hydrogen-bond donors (Lipinski definition) is 1. The smallest absolute Gasteiger partial charge is 0.210 e. The molecule has 0 saturated carbocycles. The van der Waals surface area contributed by atoms with E-state index in [0.717, 1.165) is 15.7 Å². The lowest BCUT2D eigenvalue weighted by Gasteiger charge is -2.04. The topological polar surface area (TPSA) is 43.1 Å². The highest BCUT2D eigenvalue weighted by Gasteiger charge is 2.18. The molecule has 1 fully saturated rings. The van der Waals surface area contributed by atoms with Crippen molar-refractivity contribution in [1.82, 2.24) is 0 Å². The van der Waals surface area contributed by atoms with Gasteiger partial charge >= 0.3 is 0 Å². The Kier molecular flexibility index (Phi) is 3.56. The predicted molar refractivity (Wildman–Crippen MR) is 66.9 cm³/mol. The van der Waals surface area contributed by atoms with E-state index in [4.69, 9.17) is 5.73 Å². The summed E-state index contributed by atoms with van der Waals surface area (Å²) in [4.78, 5) is 11.9. The molecule has 1 aliphatic heterocycles. The van der Waals surface area contributed by atoms with E-state index in [1.165, 1.54) is 18.2 Å². The standard InChI is InChI=1S/C11H10FNOS2/c12-8-3-1-2-7(6-8)10(14)9(13)11-15-4-5-16-11/h1-3,6H,4-5,13H2. The van der Waals surface area contributed by atoms with Gasteiger partial charge in [-0.25, -0.2) is 4.39 Å². The molecule has 1 aliphatic rings. The molecule has 0 amide bonds. The van der Waals surface area contributed by atoms with E-state index < -0.39 is 5.82 Å². The molecule has 0 unspecified atom stereocenters. The maximum atomic E-state index is 12.9. The van der Waals surface area contributed by atoms with Gasteiger partial charge in [0.25, 0.3) is 0 Å². The van der Waals surface area contributed by atoms with E-state index in [2.05, 4.69) is 0 Å². The first-order chi connectivity index (χ1) is 7.68. The van der Waals surface area contributed by atoms with Crippen LogP contribution in [-0.2, 0) is 0 Å². The largest absolute Gasteiger partial charge is 0.394 e. The van der Waals surface area contributed by atoms with E-state index in [9.17, 15) is 9.18 Å². The number of carbonyl (C=O) groups excluding carboxylic acids is 1. The molecule has 1 aromatic rings. The zero-order chi connectivity index (χ0) is 11.5. The van der Waals surface area contributed by atoms with Gasteiger partial charge in [-0.1, -0.05) is 12.1 Å². The summed E-state index contributed by atoms with van der Waals surface area (Å²) in [7, 11) is 0. The molecule has 0 aromatic heterocycles. The van der Waals surface area contributed by atoms with Crippen LogP contribution in [0.3, 0.4) is 0 Å². The summed E-state index contributed by atoms with van der Waals surface area (Å²) in [5.74, 6) is 1.22. The minimum absolute atomic E-state index is 0.234. The number of Topliss-reactive ketones (excluding diaryl/α,β-unsaturated/α-hetero) is 1. The fourth-order valence-electron chi connectivity index (χ4n) is 1.34. The number of benzene rings is 1. The third-order valence-corrected chi connectivity index (χ3v) is 4.85. The molecule has 5 heteroatoms. The molecule has 16 heavy (non-hydrogen) atoms. The molecular formula is C11H10FNOS2. The Balaban J connectivity index is 2.28. The molecule has 0 bridgehead atoms. The lowest BCUT2D eigenvalue weighted by molar-refractivity contribution is 0.103. The Bertz CT molecular complexity index is 451. The summed E-state index contributed by atoms with van der Waals surface area (Å²) in [5, 5.41) is 0. The summed E-state index contributed by atoms with van der Waals surface area (Å²) in [6.45, 7) is 0. The van der Waals surface area contributed by atoms with E-state index in [0.29, 0.717) is 5.56 Å². The first kappa shape index (κ1) is 11.5. The first-order valence-electron chi connectivity index (χ1n) is 4.74. The van der Waals surface area contributed by atoms with Gasteiger partial charge < -0.3 is 5.73 Å². The van der Waals surface area contributed by atoms with Gasteiger partial charge in [-0.15, -0.1) is 23.5 Å². The van der Waals surface area contributed by atoms with Crippen LogP contribution in [0, 0.1) is 5.82 Å². The van der Waals surface area contributed by atoms with Crippen molar-refractivity contribution in [3.8, 4) is 0 Å². The number of halogens is 1. The average molecular weight is 255 g/mol. The van der Waals surface area contributed by atoms with Crippen molar-refractivity contribution in [2.45, 2.75) is 0 Å². The molecule has 84 valence electrons. The molecule has 0 aliphatic carbocycles. The van der Waals surface area contributed by atoms with Gasteiger partial charge in [-0.3, -0.25) is 4.79 Å². The van der Waals surface area contributed by atoms with Crippen molar-refractivity contribution in [3.05, 3.63) is 45.6 Å². The molecule has 0 atom stereocenters. The second-order valence-corrected chi connectivity index (χ2v) is 5.71. The van der Waals surface area contributed by atoms with Crippen molar-refractivity contribution in [1.29, 1.82) is 0 Å².